The molecule has 1 fully saturated rings. The van der Waals surface area contributed by atoms with Crippen molar-refractivity contribution in [1.82, 2.24) is 46.1 Å². The summed E-state index contributed by atoms with van der Waals surface area (Å²) in [5.74, 6) is -4.92. The third kappa shape index (κ3) is 12.3. The summed E-state index contributed by atoms with van der Waals surface area (Å²) in [6.45, 7) is 1.40. The topological polar surface area (TPSA) is 328 Å². The van der Waals surface area contributed by atoms with Gasteiger partial charge in [0.1, 0.15) is 30.4 Å². The molecule has 4 heterocycles. The first-order valence-corrected chi connectivity index (χ1v) is 19.8. The third-order valence-electron chi connectivity index (χ3n) is 10.0. The lowest BCUT2D eigenvalue weighted by molar-refractivity contribution is -0.192. The zero-order valence-corrected chi connectivity index (χ0v) is 34.0. The van der Waals surface area contributed by atoms with Crippen LogP contribution < -0.4 is 43.6 Å². The Morgan fingerprint density at radius 2 is 1.41 bits per heavy atom. The van der Waals surface area contributed by atoms with Crippen LogP contribution in [-0.4, -0.2) is 127 Å². The van der Waals surface area contributed by atoms with Crippen LogP contribution in [-0.2, 0) is 36.8 Å². The minimum atomic E-state index is -5.08. The predicted octanol–water partition coefficient (Wildman–Crippen LogP) is -0.641. The first kappa shape index (κ1) is 48.0. The molecule has 0 unspecified atom stereocenters. The van der Waals surface area contributed by atoms with Crippen molar-refractivity contribution in [2.24, 2.45) is 5.73 Å². The number of fused-ring (bicyclic) bond motifs is 2. The molecule has 13 N–H and O–H groups in total. The summed E-state index contributed by atoms with van der Waals surface area (Å²) in [7, 11) is 0. The summed E-state index contributed by atoms with van der Waals surface area (Å²) in [5.41, 5.74) is 7.96. The number of rotatable bonds is 16. The summed E-state index contributed by atoms with van der Waals surface area (Å²) < 4.78 is 38.3. The number of aliphatic carboxylic acids is 1. The molecule has 64 heavy (non-hydrogen) atoms. The van der Waals surface area contributed by atoms with Crippen LogP contribution >= 0.6 is 0 Å². The number of hydrogen-bond donors (Lipinski definition) is 12. The van der Waals surface area contributed by atoms with Gasteiger partial charge in [-0.15, -0.1) is 0 Å². The molecule has 344 valence electrons. The van der Waals surface area contributed by atoms with Crippen molar-refractivity contribution in [3.05, 3.63) is 105 Å². The van der Waals surface area contributed by atoms with Crippen molar-refractivity contribution in [3.63, 3.8) is 0 Å². The van der Waals surface area contributed by atoms with Gasteiger partial charge in [0.05, 0.1) is 6.04 Å². The van der Waals surface area contributed by atoms with Crippen LogP contribution in [0.15, 0.2) is 82.8 Å². The molecule has 24 heteroatoms. The van der Waals surface area contributed by atoms with E-state index in [-0.39, 0.29) is 12.8 Å². The predicted molar refractivity (Wildman–Crippen MR) is 221 cm³/mol. The molecule has 1 saturated heterocycles. The van der Waals surface area contributed by atoms with Crippen molar-refractivity contribution in [2.75, 3.05) is 19.6 Å². The van der Waals surface area contributed by atoms with E-state index < -0.39 is 103 Å². The number of hydrogen-bond acceptors (Lipinski definition) is 11. The van der Waals surface area contributed by atoms with Crippen LogP contribution in [0.4, 0.5) is 18.0 Å². The van der Waals surface area contributed by atoms with Gasteiger partial charge in [-0.1, -0.05) is 43.3 Å². The summed E-state index contributed by atoms with van der Waals surface area (Å²) >= 11 is 0. The monoisotopic (exact) mass is 900 g/mol. The number of halogens is 3. The zero-order valence-electron chi connectivity index (χ0n) is 34.0. The third-order valence-corrected chi connectivity index (χ3v) is 10.0. The Morgan fingerprint density at radius 1 is 0.812 bits per heavy atom. The lowest BCUT2D eigenvalue weighted by Gasteiger charge is -2.25. The van der Waals surface area contributed by atoms with E-state index in [9.17, 15) is 52.2 Å². The van der Waals surface area contributed by atoms with Gasteiger partial charge in [-0.2, -0.15) is 13.2 Å². The standard InChI is InChI=1S/C38H46N10O9.C2HF3O2/c1-2-12-40-37(55)46-27(15-21-17-42-26-10-6-4-8-23(21)26)35(54)45-28(18-43-33(52)24(39)14-20-16-41-25-9-5-3-7-22(20)25)34(53)44-19-29-31(50)32(51)36(57-29)48-13-11-30(49)47-38(48)56;3-2(4,5)1(6)7/h3-11,13,16-17,24,27-29,31-32,36,41-42,50-51H,2,12,14-15,18-19,39H2,1H3,(H,43,52)(H,44,53)(H,45,54)(H2,40,46,55)(H,47,49,56);(H,6,7)/t24-,27-,28-,29+,31+,32+,36+;/m0./s1. The maximum atomic E-state index is 14.0. The van der Waals surface area contributed by atoms with Gasteiger partial charge >= 0.3 is 23.9 Å². The molecular weight excluding hydrogens is 853 g/mol. The van der Waals surface area contributed by atoms with E-state index in [1.54, 1.807) is 12.4 Å². The number of nitrogens with one attached hydrogen (secondary N) is 8. The van der Waals surface area contributed by atoms with Crippen LogP contribution in [0.3, 0.4) is 0 Å². The number of para-hydroxylation sites is 2. The zero-order chi connectivity index (χ0) is 46.7. The lowest BCUT2D eigenvalue weighted by Crippen LogP contribution is -2.59. The van der Waals surface area contributed by atoms with Crippen LogP contribution in [0.5, 0.6) is 0 Å². The Labute approximate surface area is 359 Å². The fourth-order valence-electron chi connectivity index (χ4n) is 6.70. The molecular formula is C40H47F3N10O11. The van der Waals surface area contributed by atoms with E-state index in [0.29, 0.717) is 13.0 Å². The maximum absolute atomic E-state index is 14.0. The molecule has 5 aromatic rings. The quantitative estimate of drug-likeness (QED) is 0.0589. The van der Waals surface area contributed by atoms with Crippen molar-refractivity contribution >= 4 is 51.5 Å². The van der Waals surface area contributed by atoms with Gasteiger partial charge in [0.25, 0.3) is 5.56 Å². The highest BCUT2D eigenvalue weighted by Gasteiger charge is 2.44. The molecule has 0 radical (unpaired) electrons. The summed E-state index contributed by atoms with van der Waals surface area (Å²) in [4.78, 5) is 95.1. The highest BCUT2D eigenvalue weighted by molar-refractivity contribution is 5.94. The van der Waals surface area contributed by atoms with Gasteiger partial charge in [-0.3, -0.25) is 28.7 Å². The van der Waals surface area contributed by atoms with Gasteiger partial charge in [0, 0.05) is 72.5 Å². The van der Waals surface area contributed by atoms with Crippen LogP contribution in [0, 0.1) is 0 Å². The molecule has 0 spiro atoms. The van der Waals surface area contributed by atoms with Crippen LogP contribution in [0.25, 0.3) is 21.8 Å². The Hall–Kier alpha value is -7.02. The minimum absolute atomic E-state index is 0.0388. The number of carbonyl (C=O) groups excluding carboxylic acids is 4. The first-order chi connectivity index (χ1) is 30.4. The Balaban J connectivity index is 0.00000102. The first-order valence-electron chi connectivity index (χ1n) is 19.8. The number of amides is 5. The normalized spacial score (nSPS) is 18.5. The van der Waals surface area contributed by atoms with E-state index in [1.165, 1.54) is 0 Å². The second-order valence-electron chi connectivity index (χ2n) is 14.6. The molecule has 7 atom stereocenters. The fraction of sp³-hybridized carbons (Fsp3) is 0.375. The smallest absolute Gasteiger partial charge is 0.475 e. The summed E-state index contributed by atoms with van der Waals surface area (Å²) in [6, 6.07) is 11.8. The van der Waals surface area contributed by atoms with Gasteiger partial charge in [-0.25, -0.2) is 14.4 Å². The number of ether oxygens (including phenoxy) is 1. The molecule has 0 aliphatic carbocycles. The van der Waals surface area contributed by atoms with Crippen LogP contribution in [0.2, 0.25) is 0 Å². The molecule has 1 aliphatic heterocycles. The fourth-order valence-corrected chi connectivity index (χ4v) is 6.70. The van der Waals surface area contributed by atoms with E-state index >= 15 is 0 Å². The Kier molecular flexibility index (Phi) is 16.0. The van der Waals surface area contributed by atoms with Gasteiger partial charge in [0.2, 0.25) is 17.7 Å². The molecule has 3 aromatic heterocycles. The lowest BCUT2D eigenvalue weighted by atomic mass is 10.0. The molecule has 2 aromatic carbocycles. The number of nitrogens with zero attached hydrogens (tertiary/aromatic N) is 1. The minimum Gasteiger partial charge on any atom is -0.475 e. The number of carbonyl (C=O) groups is 5. The average molecular weight is 901 g/mol. The van der Waals surface area contributed by atoms with Crippen molar-refractivity contribution in [1.29, 1.82) is 0 Å². The van der Waals surface area contributed by atoms with Gasteiger partial charge < -0.3 is 62.3 Å². The molecule has 0 bridgehead atoms. The number of aromatic amines is 3. The Bertz CT molecular complexity index is 2560. The number of nitrogens with two attached hydrogens (primary N) is 1. The number of aliphatic hydroxyl groups excluding tert-OH is 2. The number of carboxylic acid groups (broad SMARTS) is 1. The van der Waals surface area contributed by atoms with Crippen molar-refractivity contribution in [2.45, 2.75) is 75.0 Å². The summed E-state index contributed by atoms with van der Waals surface area (Å²) in [5, 5.41) is 43.5. The second kappa shape index (κ2) is 21.4. The second-order valence-corrected chi connectivity index (χ2v) is 14.6. The van der Waals surface area contributed by atoms with E-state index in [4.69, 9.17) is 20.4 Å². The van der Waals surface area contributed by atoms with Crippen molar-refractivity contribution in [3.8, 4) is 0 Å². The highest BCUT2D eigenvalue weighted by atomic mass is 19.4. The van der Waals surface area contributed by atoms with E-state index in [0.717, 1.165) is 49.8 Å². The molecule has 21 nitrogen and oxygen atoms in total. The van der Waals surface area contributed by atoms with Crippen LogP contribution in [0.1, 0.15) is 30.7 Å². The number of urea groups is 1. The maximum Gasteiger partial charge on any atom is 0.490 e. The molecule has 5 amide bonds. The Morgan fingerprint density at radius 3 is 1.98 bits per heavy atom. The SMILES string of the molecule is CCCNC(=O)N[C@@H](Cc1c[nH]c2ccccc12)C(=O)N[C@@H](CNC(=O)[C@@H](N)Cc1c[nH]c2ccccc12)C(=O)NC[C@H]1O[C@@H](n2ccc(=O)[nH]c2=O)[C@H](O)[C@@H]1O.O=C(O)C(F)(F)F. The number of carboxylic acids is 1. The summed E-state index contributed by atoms with van der Waals surface area (Å²) in [6.07, 6.45) is -5.45. The molecule has 0 saturated carbocycles. The number of aromatic nitrogens is 4. The molecule has 1 aliphatic rings. The number of benzene rings is 2. The number of H-pyrrole nitrogens is 3. The highest BCUT2D eigenvalue weighted by Crippen LogP contribution is 2.28. The number of alkyl halides is 3. The van der Waals surface area contributed by atoms with Crippen molar-refractivity contribution < 1.29 is 57.2 Å². The largest absolute Gasteiger partial charge is 0.490 e. The molecule has 6 rings (SSSR count). The average Bonchev–Trinajstić information content (AvgIpc) is 3.94. The van der Waals surface area contributed by atoms with Gasteiger partial charge in [0.15, 0.2) is 6.23 Å². The van der Waals surface area contributed by atoms with Gasteiger partial charge in [-0.05, 0) is 36.1 Å². The number of aliphatic hydroxyl groups is 2. The van der Waals surface area contributed by atoms with E-state index in [2.05, 4.69) is 36.6 Å². The van der Waals surface area contributed by atoms with E-state index in [1.807, 2.05) is 60.4 Å².